The number of halogens is 1. The molecule has 0 saturated carbocycles. The predicted octanol–water partition coefficient (Wildman–Crippen LogP) is 3.75. The highest BCUT2D eigenvalue weighted by molar-refractivity contribution is 6.33. The largest absolute Gasteiger partial charge is 0.338 e. The number of carbonyl (C=O) groups excluding carboxylic acids is 2. The lowest BCUT2D eigenvalue weighted by Gasteiger charge is -2.34. The number of rotatable bonds is 6. The van der Waals surface area contributed by atoms with E-state index in [1.807, 2.05) is 30.1 Å². The van der Waals surface area contributed by atoms with Gasteiger partial charge in [0.25, 0.3) is 0 Å². The molecule has 0 aliphatic heterocycles. The number of amides is 2. The first-order chi connectivity index (χ1) is 13.5. The van der Waals surface area contributed by atoms with Gasteiger partial charge in [0.1, 0.15) is 0 Å². The van der Waals surface area contributed by atoms with Crippen LogP contribution in [0.5, 0.6) is 0 Å². The van der Waals surface area contributed by atoms with Crippen LogP contribution in [0.25, 0.3) is 0 Å². The Labute approximate surface area is 171 Å². The highest BCUT2D eigenvalue weighted by Crippen LogP contribution is 2.33. The monoisotopic (exact) mass is 399 g/mol. The fourth-order valence-electron chi connectivity index (χ4n) is 3.70. The minimum absolute atomic E-state index is 0.00902. The molecule has 1 aliphatic rings. The van der Waals surface area contributed by atoms with Crippen molar-refractivity contribution in [3.05, 3.63) is 64.7 Å². The number of aryl methyl sites for hydroxylation is 1. The maximum Gasteiger partial charge on any atom is 0.238 e. The predicted molar refractivity (Wildman–Crippen MR) is 112 cm³/mol. The summed E-state index contributed by atoms with van der Waals surface area (Å²) in [5.41, 5.74) is 3.14. The Morgan fingerprint density at radius 1 is 1.07 bits per heavy atom. The number of anilines is 1. The summed E-state index contributed by atoms with van der Waals surface area (Å²) in [5, 5.41) is 3.27. The Morgan fingerprint density at radius 2 is 1.79 bits per heavy atom. The van der Waals surface area contributed by atoms with Crippen LogP contribution in [-0.2, 0) is 16.0 Å². The molecule has 0 aromatic heterocycles. The number of nitrogens with zero attached hydrogens (tertiary/aromatic N) is 2. The van der Waals surface area contributed by atoms with Gasteiger partial charge >= 0.3 is 0 Å². The van der Waals surface area contributed by atoms with Crippen molar-refractivity contribution < 1.29 is 9.59 Å². The summed E-state index contributed by atoms with van der Waals surface area (Å²) < 4.78 is 0. The van der Waals surface area contributed by atoms with Crippen LogP contribution in [-0.4, -0.2) is 48.8 Å². The summed E-state index contributed by atoms with van der Waals surface area (Å²) in [6.45, 7) is 0.303. The van der Waals surface area contributed by atoms with Gasteiger partial charge in [-0.25, -0.2) is 0 Å². The zero-order chi connectivity index (χ0) is 20.1. The van der Waals surface area contributed by atoms with Gasteiger partial charge in [-0.05, 0) is 49.6 Å². The van der Waals surface area contributed by atoms with E-state index >= 15 is 0 Å². The normalized spacial score (nSPS) is 15.8. The van der Waals surface area contributed by atoms with Crippen molar-refractivity contribution >= 4 is 29.1 Å². The molecule has 28 heavy (non-hydrogen) atoms. The molecule has 5 nitrogen and oxygen atoms in total. The van der Waals surface area contributed by atoms with Gasteiger partial charge in [-0.1, -0.05) is 48.0 Å². The molecule has 0 fully saturated rings. The van der Waals surface area contributed by atoms with Gasteiger partial charge < -0.3 is 10.2 Å². The molecule has 2 aromatic carbocycles. The van der Waals surface area contributed by atoms with Crippen molar-refractivity contribution in [2.45, 2.75) is 25.3 Å². The Hall–Kier alpha value is -2.37. The Kier molecular flexibility index (Phi) is 6.70. The van der Waals surface area contributed by atoms with Crippen LogP contribution in [0.1, 0.15) is 30.0 Å². The average Bonchev–Trinajstić information content (AvgIpc) is 2.68. The third kappa shape index (κ3) is 4.91. The maximum absolute atomic E-state index is 12.8. The molecule has 3 rings (SSSR count). The van der Waals surface area contributed by atoms with E-state index in [4.69, 9.17) is 11.6 Å². The molecule has 0 spiro atoms. The summed E-state index contributed by atoms with van der Waals surface area (Å²) in [6.07, 6.45) is 3.11. The number of likely N-dealkylation sites (N-methyl/N-ethyl adjacent to an activating group) is 2. The number of para-hydroxylation sites is 1. The Balaban J connectivity index is 1.55. The standard InChI is InChI=1S/C22H26ClN3O2/c1-25(14-21(27)24-19-12-6-5-11-18(19)23)15-22(28)26(2)20-13-7-9-16-8-3-4-10-17(16)20/h3-6,8,10-12,20H,7,9,13-15H2,1-2H3,(H,24,27). The first kappa shape index (κ1) is 20.4. The second-order valence-corrected chi connectivity index (χ2v) is 7.72. The Bertz CT molecular complexity index is 855. The minimum atomic E-state index is -0.200. The lowest BCUT2D eigenvalue weighted by molar-refractivity contribution is -0.133. The zero-order valence-corrected chi connectivity index (χ0v) is 17.1. The molecule has 6 heteroatoms. The van der Waals surface area contributed by atoms with Crippen LogP contribution in [0.3, 0.4) is 0 Å². The fourth-order valence-corrected chi connectivity index (χ4v) is 3.88. The van der Waals surface area contributed by atoms with Crippen molar-refractivity contribution in [3.63, 3.8) is 0 Å². The van der Waals surface area contributed by atoms with Gasteiger partial charge in [0, 0.05) is 7.05 Å². The molecule has 0 bridgehead atoms. The number of nitrogens with one attached hydrogen (secondary N) is 1. The van der Waals surface area contributed by atoms with Crippen LogP contribution in [0.2, 0.25) is 5.02 Å². The van der Waals surface area contributed by atoms with E-state index < -0.39 is 0 Å². The van der Waals surface area contributed by atoms with Gasteiger partial charge in [-0.2, -0.15) is 0 Å². The summed E-state index contributed by atoms with van der Waals surface area (Å²) >= 11 is 6.07. The molecule has 0 radical (unpaired) electrons. The molecule has 1 N–H and O–H groups in total. The van der Waals surface area contributed by atoms with E-state index in [9.17, 15) is 9.59 Å². The summed E-state index contributed by atoms with van der Waals surface area (Å²) in [4.78, 5) is 28.6. The molecule has 1 unspecified atom stereocenters. The van der Waals surface area contributed by atoms with Gasteiger partial charge in [0.2, 0.25) is 11.8 Å². The first-order valence-electron chi connectivity index (χ1n) is 9.52. The van der Waals surface area contributed by atoms with E-state index in [1.54, 1.807) is 24.1 Å². The van der Waals surface area contributed by atoms with Crippen LogP contribution in [0, 0.1) is 0 Å². The molecule has 1 aliphatic carbocycles. The highest BCUT2D eigenvalue weighted by atomic mass is 35.5. The summed E-state index contributed by atoms with van der Waals surface area (Å²) in [6, 6.07) is 15.5. The van der Waals surface area contributed by atoms with Gasteiger partial charge in [0.05, 0.1) is 29.8 Å². The van der Waals surface area contributed by atoms with Crippen LogP contribution >= 0.6 is 11.6 Å². The zero-order valence-electron chi connectivity index (χ0n) is 16.3. The number of carbonyl (C=O) groups is 2. The number of benzene rings is 2. The van der Waals surface area contributed by atoms with Crippen molar-refractivity contribution in [3.8, 4) is 0 Å². The number of hydrogen-bond acceptors (Lipinski definition) is 3. The first-order valence-corrected chi connectivity index (χ1v) is 9.90. The topological polar surface area (TPSA) is 52.7 Å². The second-order valence-electron chi connectivity index (χ2n) is 7.31. The van der Waals surface area contributed by atoms with Gasteiger partial charge in [-0.15, -0.1) is 0 Å². The molecule has 0 saturated heterocycles. The molecule has 148 valence electrons. The third-order valence-electron chi connectivity index (χ3n) is 5.17. The van der Waals surface area contributed by atoms with Crippen molar-refractivity contribution in [2.24, 2.45) is 0 Å². The SMILES string of the molecule is CN(CC(=O)Nc1ccccc1Cl)CC(=O)N(C)C1CCCc2ccccc21. The highest BCUT2D eigenvalue weighted by Gasteiger charge is 2.27. The average molecular weight is 400 g/mol. The van der Waals surface area contributed by atoms with E-state index in [1.165, 1.54) is 11.1 Å². The molecule has 1 atom stereocenters. The van der Waals surface area contributed by atoms with Gasteiger partial charge in [-0.3, -0.25) is 14.5 Å². The van der Waals surface area contributed by atoms with E-state index in [2.05, 4.69) is 23.5 Å². The molecule has 2 amide bonds. The smallest absolute Gasteiger partial charge is 0.238 e. The number of fused-ring (bicyclic) bond motifs is 1. The van der Waals surface area contributed by atoms with E-state index in [0.717, 1.165) is 19.3 Å². The van der Waals surface area contributed by atoms with E-state index in [-0.39, 0.29) is 30.9 Å². The van der Waals surface area contributed by atoms with Crippen LogP contribution < -0.4 is 5.32 Å². The Morgan fingerprint density at radius 3 is 2.57 bits per heavy atom. The maximum atomic E-state index is 12.8. The lowest BCUT2D eigenvalue weighted by Crippen LogP contribution is -2.41. The lowest BCUT2D eigenvalue weighted by atomic mass is 9.87. The van der Waals surface area contributed by atoms with Crippen molar-refractivity contribution in [1.29, 1.82) is 0 Å². The van der Waals surface area contributed by atoms with Crippen LogP contribution in [0.15, 0.2) is 48.5 Å². The molecular formula is C22H26ClN3O2. The molecule has 0 heterocycles. The third-order valence-corrected chi connectivity index (χ3v) is 5.49. The molecular weight excluding hydrogens is 374 g/mol. The quantitative estimate of drug-likeness (QED) is 0.804. The van der Waals surface area contributed by atoms with Gasteiger partial charge in [0.15, 0.2) is 0 Å². The number of hydrogen-bond donors (Lipinski definition) is 1. The fraction of sp³-hybridized carbons (Fsp3) is 0.364. The summed E-state index contributed by atoms with van der Waals surface area (Å²) in [5.74, 6) is -0.191. The molecule has 2 aromatic rings. The van der Waals surface area contributed by atoms with Crippen molar-refractivity contribution in [2.75, 3.05) is 32.5 Å². The van der Waals surface area contributed by atoms with Crippen molar-refractivity contribution in [1.82, 2.24) is 9.80 Å². The summed E-state index contributed by atoms with van der Waals surface area (Å²) in [7, 11) is 3.62. The second kappa shape index (κ2) is 9.22. The van der Waals surface area contributed by atoms with E-state index in [0.29, 0.717) is 10.7 Å². The van der Waals surface area contributed by atoms with Crippen LogP contribution in [0.4, 0.5) is 5.69 Å². The minimum Gasteiger partial charge on any atom is -0.338 e.